The maximum Gasteiger partial charge on any atom is 0.410 e. The Morgan fingerprint density at radius 2 is 2.10 bits per heavy atom. The molecule has 1 amide bonds. The first-order valence-corrected chi connectivity index (χ1v) is 8.17. The Hall–Kier alpha value is -0.910. The van der Waals surface area contributed by atoms with Gasteiger partial charge >= 0.3 is 12.1 Å². The van der Waals surface area contributed by atoms with Crippen molar-refractivity contribution in [3.8, 4) is 0 Å². The summed E-state index contributed by atoms with van der Waals surface area (Å²) in [6, 6.07) is 0. The number of hydrogen-bond acceptors (Lipinski definition) is 5. The molecule has 0 aromatic rings. The van der Waals surface area contributed by atoms with Gasteiger partial charge in [-0.1, -0.05) is 0 Å². The maximum absolute atomic E-state index is 12.3. The van der Waals surface area contributed by atoms with Crippen molar-refractivity contribution in [3.63, 3.8) is 0 Å². The highest BCUT2D eigenvalue weighted by Crippen LogP contribution is 2.47. The second kappa shape index (κ2) is 5.47. The molecule has 2 heterocycles. The van der Waals surface area contributed by atoms with Crippen LogP contribution < -0.4 is 0 Å². The van der Waals surface area contributed by atoms with Crippen LogP contribution in [0.2, 0.25) is 0 Å². The van der Waals surface area contributed by atoms with Gasteiger partial charge < -0.3 is 14.4 Å². The van der Waals surface area contributed by atoms with E-state index in [2.05, 4.69) is 0 Å². The van der Waals surface area contributed by atoms with Gasteiger partial charge in [-0.2, -0.15) is 11.8 Å². The Morgan fingerprint density at radius 3 is 2.70 bits per heavy atom. The topological polar surface area (TPSA) is 55.8 Å². The first kappa shape index (κ1) is 15.5. The number of carbonyl (C=O) groups is 2. The van der Waals surface area contributed by atoms with Crippen molar-refractivity contribution < 1.29 is 19.1 Å². The molecule has 0 bridgehead atoms. The molecule has 2 unspecified atom stereocenters. The van der Waals surface area contributed by atoms with E-state index in [0.717, 1.165) is 11.5 Å². The van der Waals surface area contributed by atoms with Crippen LogP contribution in [-0.4, -0.2) is 53.8 Å². The number of amides is 1. The van der Waals surface area contributed by atoms with Gasteiger partial charge in [0, 0.05) is 24.8 Å². The van der Waals surface area contributed by atoms with E-state index in [1.165, 1.54) is 0 Å². The third-order valence-electron chi connectivity index (χ3n) is 3.71. The van der Waals surface area contributed by atoms with Gasteiger partial charge in [0.1, 0.15) is 5.60 Å². The van der Waals surface area contributed by atoms with E-state index < -0.39 is 11.0 Å². The summed E-state index contributed by atoms with van der Waals surface area (Å²) in [6.07, 6.45) is -0.333. The molecule has 5 nitrogen and oxygen atoms in total. The Balaban J connectivity index is 2.08. The molecule has 2 atom stereocenters. The zero-order valence-electron chi connectivity index (χ0n) is 12.6. The first-order valence-electron chi connectivity index (χ1n) is 7.01. The van der Waals surface area contributed by atoms with Gasteiger partial charge in [0.05, 0.1) is 12.0 Å². The summed E-state index contributed by atoms with van der Waals surface area (Å²) in [7, 11) is 0. The molecule has 114 valence electrons. The summed E-state index contributed by atoms with van der Waals surface area (Å²) in [6.45, 7) is 8.73. The highest BCUT2D eigenvalue weighted by Gasteiger charge is 2.57. The molecule has 20 heavy (non-hydrogen) atoms. The number of likely N-dealkylation sites (tertiary alicyclic amines) is 1. The number of ether oxygens (including phenoxy) is 2. The lowest BCUT2D eigenvalue weighted by atomic mass is 9.81. The molecule has 0 saturated carbocycles. The van der Waals surface area contributed by atoms with Crippen molar-refractivity contribution in [1.29, 1.82) is 0 Å². The summed E-state index contributed by atoms with van der Waals surface area (Å²) < 4.78 is 10.6. The molecule has 2 aliphatic rings. The second-order valence-corrected chi connectivity index (χ2v) is 7.48. The van der Waals surface area contributed by atoms with Crippen LogP contribution in [0.15, 0.2) is 0 Å². The average Bonchev–Trinajstić information content (AvgIpc) is 2.83. The number of nitrogens with zero attached hydrogens (tertiary/aromatic N) is 1. The lowest BCUT2D eigenvalue weighted by molar-refractivity contribution is -0.154. The van der Waals surface area contributed by atoms with Gasteiger partial charge in [0.15, 0.2) is 0 Å². The van der Waals surface area contributed by atoms with Crippen molar-refractivity contribution >= 4 is 23.8 Å². The number of rotatable bonds is 2. The molecule has 0 aromatic carbocycles. The molecular formula is C14H23NO4S. The van der Waals surface area contributed by atoms with E-state index in [-0.39, 0.29) is 18.0 Å². The van der Waals surface area contributed by atoms with Gasteiger partial charge in [0.25, 0.3) is 0 Å². The van der Waals surface area contributed by atoms with Crippen LogP contribution in [-0.2, 0) is 14.3 Å². The van der Waals surface area contributed by atoms with E-state index in [1.807, 2.05) is 27.7 Å². The Bertz CT molecular complexity index is 406. The number of carbonyl (C=O) groups excluding carboxylic acids is 2. The van der Waals surface area contributed by atoms with Crippen molar-refractivity contribution in [3.05, 3.63) is 0 Å². The van der Waals surface area contributed by atoms with Crippen molar-refractivity contribution in [2.75, 3.05) is 31.2 Å². The summed E-state index contributed by atoms with van der Waals surface area (Å²) >= 11 is 1.77. The molecule has 2 rings (SSSR count). The number of hydrogen-bond donors (Lipinski definition) is 0. The number of thioether (sulfide) groups is 1. The Morgan fingerprint density at radius 1 is 1.40 bits per heavy atom. The van der Waals surface area contributed by atoms with Crippen LogP contribution in [0, 0.1) is 11.3 Å². The molecule has 0 radical (unpaired) electrons. The zero-order valence-corrected chi connectivity index (χ0v) is 13.4. The van der Waals surface area contributed by atoms with Gasteiger partial charge in [-0.15, -0.1) is 0 Å². The van der Waals surface area contributed by atoms with Gasteiger partial charge in [-0.3, -0.25) is 4.79 Å². The zero-order chi connectivity index (χ0) is 15.0. The standard InChI is InChI=1S/C14H23NO4S/c1-5-18-11(16)14-8-15(6-10(14)7-20-9-14)12(17)19-13(2,3)4/h10H,5-9H2,1-4H3. The van der Waals surface area contributed by atoms with Crippen LogP contribution in [0.5, 0.6) is 0 Å². The quantitative estimate of drug-likeness (QED) is 0.732. The number of esters is 1. The monoisotopic (exact) mass is 301 g/mol. The fraction of sp³-hybridized carbons (Fsp3) is 0.857. The maximum atomic E-state index is 12.3. The van der Waals surface area contributed by atoms with Gasteiger partial charge in [-0.25, -0.2) is 4.79 Å². The predicted molar refractivity (Wildman–Crippen MR) is 77.7 cm³/mol. The van der Waals surface area contributed by atoms with E-state index in [1.54, 1.807) is 16.7 Å². The summed E-state index contributed by atoms with van der Waals surface area (Å²) in [5.41, 5.74) is -1.04. The fourth-order valence-corrected chi connectivity index (χ4v) is 4.40. The van der Waals surface area contributed by atoms with Gasteiger partial charge in [0.2, 0.25) is 0 Å². The molecule has 0 spiro atoms. The fourth-order valence-electron chi connectivity index (χ4n) is 2.76. The average molecular weight is 301 g/mol. The molecule has 2 saturated heterocycles. The molecule has 0 N–H and O–H groups in total. The lowest BCUT2D eigenvalue weighted by Gasteiger charge is -2.27. The second-order valence-electron chi connectivity index (χ2n) is 6.45. The van der Waals surface area contributed by atoms with Gasteiger partial charge in [-0.05, 0) is 33.4 Å². The van der Waals surface area contributed by atoms with Crippen LogP contribution in [0.25, 0.3) is 0 Å². The molecule has 0 aromatic heterocycles. The summed E-state index contributed by atoms with van der Waals surface area (Å²) in [5, 5.41) is 0. The third-order valence-corrected chi connectivity index (χ3v) is 5.06. The van der Waals surface area contributed by atoms with Crippen LogP contribution in [0.3, 0.4) is 0 Å². The van der Waals surface area contributed by atoms with E-state index >= 15 is 0 Å². The Kier molecular flexibility index (Phi) is 4.23. The lowest BCUT2D eigenvalue weighted by Crippen LogP contribution is -2.42. The molecule has 2 fully saturated rings. The Labute approximate surface area is 124 Å². The van der Waals surface area contributed by atoms with Crippen molar-refractivity contribution in [2.45, 2.75) is 33.3 Å². The van der Waals surface area contributed by atoms with Crippen LogP contribution in [0.4, 0.5) is 4.79 Å². The SMILES string of the molecule is CCOC(=O)C12CSCC1CN(C(=O)OC(C)(C)C)C2. The minimum atomic E-state index is -0.530. The first-order chi connectivity index (χ1) is 9.28. The highest BCUT2D eigenvalue weighted by molar-refractivity contribution is 7.99. The van der Waals surface area contributed by atoms with Crippen molar-refractivity contribution in [1.82, 2.24) is 4.90 Å². The van der Waals surface area contributed by atoms with Crippen molar-refractivity contribution in [2.24, 2.45) is 11.3 Å². The predicted octanol–water partition coefficient (Wildman–Crippen LogP) is 2.15. The van der Waals surface area contributed by atoms with E-state index in [9.17, 15) is 9.59 Å². The van der Waals surface area contributed by atoms with Crippen LogP contribution >= 0.6 is 11.8 Å². The smallest absolute Gasteiger partial charge is 0.410 e. The minimum Gasteiger partial charge on any atom is -0.465 e. The molecular weight excluding hydrogens is 278 g/mol. The van der Waals surface area contributed by atoms with E-state index in [0.29, 0.717) is 19.7 Å². The summed E-state index contributed by atoms with van der Waals surface area (Å²) in [5.74, 6) is 1.65. The molecule has 2 aliphatic heterocycles. The largest absolute Gasteiger partial charge is 0.465 e. The van der Waals surface area contributed by atoms with Crippen LogP contribution in [0.1, 0.15) is 27.7 Å². The molecule has 6 heteroatoms. The summed E-state index contributed by atoms with van der Waals surface area (Å²) in [4.78, 5) is 26.1. The number of fused-ring (bicyclic) bond motifs is 1. The van der Waals surface area contributed by atoms with E-state index in [4.69, 9.17) is 9.47 Å². The molecule has 0 aliphatic carbocycles. The minimum absolute atomic E-state index is 0.166. The normalized spacial score (nSPS) is 29.2. The third kappa shape index (κ3) is 2.90. The highest BCUT2D eigenvalue weighted by atomic mass is 32.2.